The van der Waals surface area contributed by atoms with Gasteiger partial charge in [0.1, 0.15) is 35.4 Å². The Kier molecular flexibility index (Phi) is 13.5. The van der Waals surface area contributed by atoms with Gasteiger partial charge in [0.05, 0.1) is 0 Å². The van der Waals surface area contributed by atoms with Gasteiger partial charge in [-0.3, -0.25) is 39.1 Å². The smallest absolute Gasteiger partial charge is 0.412 e. The van der Waals surface area contributed by atoms with Crippen molar-refractivity contribution in [3.05, 3.63) is 113 Å². The van der Waals surface area contributed by atoms with Gasteiger partial charge in [0.15, 0.2) is 6.10 Å². The Labute approximate surface area is 356 Å². The van der Waals surface area contributed by atoms with E-state index in [0.717, 1.165) is 0 Å². The van der Waals surface area contributed by atoms with Crippen LogP contribution in [0.1, 0.15) is 63.5 Å². The average molecular weight is 855 g/mol. The molecule has 3 aliphatic heterocycles. The van der Waals surface area contributed by atoms with Crippen LogP contribution in [-0.2, 0) is 43.0 Å². The standard InChI is InChI=1S/C43H46N6O11S/c1-6-47-21-22-48(38(54)37(47)53)41(56)46-31(26-17-19-30(20-18-26)44-42(57)60-43(3,4)5)35(51)45-32-36(52)49-33(29(23-58-25(2)50)24-61-39(32)49)40(55)59-34(27-13-9-7-10-14-27)28-15-11-8-12-16-28/h7-20,31-32,34,39H,6,21-24H2,1-5H3,(H,44,57)(H,45,51)(H,46,56)/t31-,32-,39-/m1/s1. The van der Waals surface area contributed by atoms with E-state index in [0.29, 0.717) is 27.3 Å². The van der Waals surface area contributed by atoms with Gasteiger partial charge in [0.25, 0.3) is 5.91 Å². The molecule has 2 saturated heterocycles. The zero-order valence-corrected chi connectivity index (χ0v) is 35.0. The van der Waals surface area contributed by atoms with E-state index in [1.54, 1.807) is 76.2 Å². The van der Waals surface area contributed by atoms with Crippen molar-refractivity contribution >= 4 is 65.1 Å². The van der Waals surface area contributed by atoms with Crippen molar-refractivity contribution in [1.29, 1.82) is 0 Å². The molecule has 18 heteroatoms. The molecule has 3 atom stereocenters. The van der Waals surface area contributed by atoms with Crippen molar-refractivity contribution < 1.29 is 52.6 Å². The molecular formula is C43H46N6O11S. The molecule has 3 aromatic rings. The van der Waals surface area contributed by atoms with E-state index < -0.39 is 76.9 Å². The highest BCUT2D eigenvalue weighted by atomic mass is 32.2. The monoisotopic (exact) mass is 854 g/mol. The van der Waals surface area contributed by atoms with Crippen LogP contribution in [0, 0.1) is 0 Å². The maximum Gasteiger partial charge on any atom is 0.412 e. The summed E-state index contributed by atoms with van der Waals surface area (Å²) in [5, 5.41) is 7.02. The third kappa shape index (κ3) is 10.2. The molecule has 2 fully saturated rings. The molecule has 3 aliphatic rings. The number of thioether (sulfide) groups is 1. The van der Waals surface area contributed by atoms with E-state index in [9.17, 15) is 38.4 Å². The minimum absolute atomic E-state index is 0.0941. The number of β-lactam (4-membered cyclic amide) rings is 1. The number of imide groups is 1. The molecule has 0 radical (unpaired) electrons. The lowest BCUT2D eigenvalue weighted by molar-refractivity contribution is -0.155. The molecule has 320 valence electrons. The van der Waals surface area contributed by atoms with Crippen LogP contribution < -0.4 is 16.0 Å². The molecule has 3 N–H and O–H groups in total. The minimum atomic E-state index is -1.51. The van der Waals surface area contributed by atoms with Crippen molar-refractivity contribution in [2.24, 2.45) is 0 Å². The number of nitrogens with one attached hydrogen (secondary N) is 3. The third-order valence-electron chi connectivity index (χ3n) is 9.77. The van der Waals surface area contributed by atoms with E-state index in [2.05, 4.69) is 16.0 Å². The highest BCUT2D eigenvalue weighted by Crippen LogP contribution is 2.42. The van der Waals surface area contributed by atoms with Gasteiger partial charge in [0, 0.05) is 43.6 Å². The van der Waals surface area contributed by atoms with Crippen molar-refractivity contribution in [2.45, 2.75) is 63.8 Å². The molecule has 61 heavy (non-hydrogen) atoms. The summed E-state index contributed by atoms with van der Waals surface area (Å²) < 4.78 is 16.7. The van der Waals surface area contributed by atoms with Gasteiger partial charge < -0.3 is 29.7 Å². The van der Waals surface area contributed by atoms with Gasteiger partial charge in [-0.15, -0.1) is 11.8 Å². The van der Waals surface area contributed by atoms with E-state index in [1.807, 2.05) is 12.1 Å². The fraction of sp³-hybridized carbons (Fsp3) is 0.349. The number of carbonyl (C=O) groups excluding carboxylic acids is 8. The fourth-order valence-corrected chi connectivity index (χ4v) is 8.13. The van der Waals surface area contributed by atoms with Crippen LogP contribution in [0.15, 0.2) is 96.2 Å². The predicted octanol–water partition coefficient (Wildman–Crippen LogP) is 4.02. The van der Waals surface area contributed by atoms with Gasteiger partial charge in [-0.2, -0.15) is 0 Å². The Balaban J connectivity index is 1.25. The molecule has 0 spiro atoms. The molecule has 0 bridgehead atoms. The summed E-state index contributed by atoms with van der Waals surface area (Å²) in [5.41, 5.74) is 1.29. The highest BCUT2D eigenvalue weighted by Gasteiger charge is 2.55. The van der Waals surface area contributed by atoms with Crippen LogP contribution in [0.4, 0.5) is 15.3 Å². The summed E-state index contributed by atoms with van der Waals surface area (Å²) in [4.78, 5) is 109. The van der Waals surface area contributed by atoms with Crippen LogP contribution in [0.5, 0.6) is 0 Å². The first-order chi connectivity index (χ1) is 29.1. The van der Waals surface area contributed by atoms with Gasteiger partial charge in [-0.25, -0.2) is 14.4 Å². The summed E-state index contributed by atoms with van der Waals surface area (Å²) in [5.74, 6) is -4.78. The van der Waals surface area contributed by atoms with Gasteiger partial charge in [0.2, 0.25) is 5.91 Å². The summed E-state index contributed by atoms with van der Waals surface area (Å²) in [6.45, 7) is 7.98. The average Bonchev–Trinajstić information content (AvgIpc) is 3.23. The maximum atomic E-state index is 14.2. The SMILES string of the molecule is CCN1CCN(C(=O)N[C@@H](C(=O)N[C@@H]2C(=O)N3C(C(=O)OC(c4ccccc4)c4ccccc4)=C(COC(C)=O)CS[C@H]23)c2ccc(NC(=O)OC(C)(C)C)cc2)C(=O)C1=O. The van der Waals surface area contributed by atoms with Crippen molar-refractivity contribution in [3.63, 3.8) is 0 Å². The van der Waals surface area contributed by atoms with Gasteiger partial charge >= 0.3 is 35.9 Å². The van der Waals surface area contributed by atoms with Crippen molar-refractivity contribution in [1.82, 2.24) is 25.3 Å². The number of esters is 2. The topological polar surface area (TPSA) is 210 Å². The summed E-state index contributed by atoms with van der Waals surface area (Å²) in [7, 11) is 0. The molecular weight excluding hydrogens is 809 g/mol. The normalized spacial score (nSPS) is 18.1. The number of nitrogens with zero attached hydrogens (tertiary/aromatic N) is 3. The first-order valence-corrected chi connectivity index (χ1v) is 20.5. The number of hydrogen-bond acceptors (Lipinski definition) is 12. The Bertz CT molecular complexity index is 2190. The van der Waals surface area contributed by atoms with Crippen LogP contribution in [0.3, 0.4) is 0 Å². The molecule has 6 rings (SSSR count). The molecule has 3 heterocycles. The molecule has 0 aliphatic carbocycles. The van der Waals surface area contributed by atoms with E-state index in [-0.39, 0.29) is 43.3 Å². The number of piperazine rings is 1. The second-order valence-electron chi connectivity index (χ2n) is 15.2. The number of amides is 7. The first-order valence-electron chi connectivity index (χ1n) is 19.5. The lowest BCUT2D eigenvalue weighted by Crippen LogP contribution is -2.71. The number of hydrogen-bond donors (Lipinski definition) is 3. The number of likely N-dealkylation sites (N-methyl/N-ethyl adjacent to an activating group) is 1. The summed E-state index contributed by atoms with van der Waals surface area (Å²) in [6.07, 6.45) is -1.58. The minimum Gasteiger partial charge on any atom is -0.461 e. The quantitative estimate of drug-likeness (QED) is 0.102. The highest BCUT2D eigenvalue weighted by molar-refractivity contribution is 8.00. The number of carbonyl (C=O) groups is 8. The lowest BCUT2D eigenvalue weighted by Gasteiger charge is -2.50. The number of benzene rings is 3. The number of urea groups is 1. The number of anilines is 1. The zero-order chi connectivity index (χ0) is 44.0. The third-order valence-corrected chi connectivity index (χ3v) is 11.1. The van der Waals surface area contributed by atoms with Crippen molar-refractivity contribution in [2.75, 3.05) is 37.3 Å². The maximum absolute atomic E-state index is 14.2. The van der Waals surface area contributed by atoms with Gasteiger partial charge in [-0.1, -0.05) is 72.8 Å². The Hall–Kier alpha value is -6.69. The Morgan fingerprint density at radius 3 is 2.03 bits per heavy atom. The summed E-state index contributed by atoms with van der Waals surface area (Å²) in [6, 6.07) is 20.2. The molecule has 17 nitrogen and oxygen atoms in total. The number of fused-ring (bicyclic) bond motifs is 1. The number of ether oxygens (including phenoxy) is 3. The molecule has 7 amide bonds. The van der Waals surface area contributed by atoms with Crippen molar-refractivity contribution in [3.8, 4) is 0 Å². The molecule has 0 saturated carbocycles. The van der Waals surface area contributed by atoms with Crippen LogP contribution in [0.2, 0.25) is 0 Å². The van der Waals surface area contributed by atoms with Crippen LogP contribution in [0.25, 0.3) is 0 Å². The largest absolute Gasteiger partial charge is 0.461 e. The number of rotatable bonds is 12. The summed E-state index contributed by atoms with van der Waals surface area (Å²) >= 11 is 1.22. The molecule has 3 aromatic carbocycles. The van der Waals surface area contributed by atoms with Gasteiger partial charge in [-0.05, 0) is 56.5 Å². The van der Waals surface area contributed by atoms with Crippen LogP contribution >= 0.6 is 11.8 Å². The predicted molar refractivity (Wildman–Crippen MR) is 221 cm³/mol. The second kappa shape index (κ2) is 18.7. The van der Waals surface area contributed by atoms with E-state index in [1.165, 1.54) is 52.8 Å². The van der Waals surface area contributed by atoms with E-state index >= 15 is 0 Å². The molecule has 0 aromatic heterocycles. The first kappa shape index (κ1) is 43.9. The second-order valence-corrected chi connectivity index (χ2v) is 16.3. The molecule has 0 unspecified atom stereocenters. The lowest BCUT2D eigenvalue weighted by atomic mass is 10.00. The zero-order valence-electron chi connectivity index (χ0n) is 34.2. The Morgan fingerprint density at radius 1 is 0.836 bits per heavy atom. The van der Waals surface area contributed by atoms with Crippen LogP contribution in [-0.4, -0.2) is 111 Å². The Morgan fingerprint density at radius 2 is 1.46 bits per heavy atom. The fourth-order valence-electron chi connectivity index (χ4n) is 6.81. The van der Waals surface area contributed by atoms with E-state index in [4.69, 9.17) is 14.2 Å².